The maximum atomic E-state index is 9.71. The van der Waals surface area contributed by atoms with Gasteiger partial charge in [-0.05, 0) is 54.8 Å². The van der Waals surface area contributed by atoms with Crippen molar-refractivity contribution in [2.75, 3.05) is 0 Å². The molecule has 2 aromatic rings. The number of aromatic hydroxyl groups is 1. The van der Waals surface area contributed by atoms with Gasteiger partial charge in [0.05, 0.1) is 15.7 Å². The lowest BCUT2D eigenvalue weighted by molar-refractivity contribution is 0.467. The highest BCUT2D eigenvalue weighted by Crippen LogP contribution is 2.31. The van der Waals surface area contributed by atoms with Gasteiger partial charge in [0.1, 0.15) is 5.75 Å². The van der Waals surface area contributed by atoms with Crippen LogP contribution in [0.25, 0.3) is 0 Å². The molecule has 2 aromatic carbocycles. The van der Waals surface area contributed by atoms with Gasteiger partial charge in [-0.3, -0.25) is 4.99 Å². The molecule has 0 unspecified atom stereocenters. The van der Waals surface area contributed by atoms with E-state index in [2.05, 4.69) is 4.99 Å². The number of phenolic OH excluding ortho intramolecular Hbond substituents is 1. The number of nitrogens with zero attached hydrogens (tertiary/aromatic N) is 1. The van der Waals surface area contributed by atoms with Crippen LogP contribution in [0.4, 0.5) is 5.69 Å². The minimum atomic E-state index is 0.318. The number of aliphatic imine (C=N–C) groups is 1. The zero-order valence-electron chi connectivity index (χ0n) is 10.6. The maximum Gasteiger partial charge on any atom is 0.121 e. The van der Waals surface area contributed by atoms with Crippen LogP contribution in [-0.2, 0) is 0 Å². The molecular weight excluding hydrogens is 281 g/mol. The molecule has 0 fully saturated rings. The molecule has 0 amide bonds. The van der Waals surface area contributed by atoms with Crippen molar-refractivity contribution in [1.82, 2.24) is 0 Å². The van der Waals surface area contributed by atoms with Gasteiger partial charge in [-0.1, -0.05) is 29.3 Å². The van der Waals surface area contributed by atoms with Crippen LogP contribution in [0.15, 0.2) is 35.3 Å². The van der Waals surface area contributed by atoms with Crippen molar-refractivity contribution in [1.29, 1.82) is 0 Å². The van der Waals surface area contributed by atoms with E-state index >= 15 is 0 Å². The van der Waals surface area contributed by atoms with Gasteiger partial charge < -0.3 is 5.11 Å². The van der Waals surface area contributed by atoms with Crippen LogP contribution in [0, 0.1) is 13.8 Å². The highest BCUT2D eigenvalue weighted by atomic mass is 35.5. The van der Waals surface area contributed by atoms with Crippen molar-refractivity contribution in [3.63, 3.8) is 0 Å². The second-order valence-corrected chi connectivity index (χ2v) is 5.12. The molecule has 0 spiro atoms. The Morgan fingerprint density at radius 3 is 2.37 bits per heavy atom. The molecule has 0 atom stereocenters. The first-order valence-corrected chi connectivity index (χ1v) is 6.53. The lowest BCUT2D eigenvalue weighted by Gasteiger charge is -2.04. The topological polar surface area (TPSA) is 32.6 Å². The fourth-order valence-electron chi connectivity index (χ4n) is 1.80. The van der Waals surface area contributed by atoms with Crippen LogP contribution < -0.4 is 0 Å². The number of aryl methyl sites for hydroxylation is 2. The number of hydrogen-bond acceptors (Lipinski definition) is 2. The normalized spacial score (nSPS) is 11.2. The Bertz CT molecular complexity index is 628. The highest BCUT2D eigenvalue weighted by molar-refractivity contribution is 6.43. The number of rotatable bonds is 2. The molecule has 0 heterocycles. The van der Waals surface area contributed by atoms with E-state index in [0.717, 1.165) is 16.7 Å². The Morgan fingerprint density at radius 2 is 1.74 bits per heavy atom. The van der Waals surface area contributed by atoms with E-state index in [0.29, 0.717) is 21.5 Å². The summed E-state index contributed by atoms with van der Waals surface area (Å²) in [4.78, 5) is 4.33. The maximum absolute atomic E-state index is 9.71. The molecule has 1 N–H and O–H groups in total. The third kappa shape index (κ3) is 3.09. The molecule has 4 heteroatoms. The fraction of sp³-hybridized carbons (Fsp3) is 0.133. The quantitative estimate of drug-likeness (QED) is 0.771. The Balaban J connectivity index is 2.35. The summed E-state index contributed by atoms with van der Waals surface area (Å²) in [7, 11) is 0. The van der Waals surface area contributed by atoms with Crippen molar-refractivity contribution in [2.45, 2.75) is 13.8 Å². The van der Waals surface area contributed by atoms with Crippen molar-refractivity contribution in [3.8, 4) is 5.75 Å². The molecule has 0 saturated carbocycles. The molecule has 0 aliphatic carbocycles. The van der Waals surface area contributed by atoms with Gasteiger partial charge in [-0.25, -0.2) is 0 Å². The second kappa shape index (κ2) is 5.64. The van der Waals surface area contributed by atoms with Gasteiger partial charge >= 0.3 is 0 Å². The zero-order valence-corrected chi connectivity index (χ0v) is 12.1. The second-order valence-electron chi connectivity index (χ2n) is 4.33. The summed E-state index contributed by atoms with van der Waals surface area (Å²) in [5.74, 6) is 0.318. The third-order valence-electron chi connectivity index (χ3n) is 2.80. The van der Waals surface area contributed by atoms with Crippen LogP contribution in [0.1, 0.15) is 16.7 Å². The summed E-state index contributed by atoms with van der Waals surface area (Å²) < 4.78 is 0. The average molecular weight is 294 g/mol. The predicted molar refractivity (Wildman–Crippen MR) is 81.3 cm³/mol. The lowest BCUT2D eigenvalue weighted by Crippen LogP contribution is -1.87. The van der Waals surface area contributed by atoms with E-state index in [1.807, 2.05) is 26.0 Å². The summed E-state index contributed by atoms with van der Waals surface area (Å²) in [6.45, 7) is 3.71. The monoisotopic (exact) mass is 293 g/mol. The SMILES string of the molecule is Cc1cc(C=Nc2cccc(Cl)c2Cl)cc(C)c1O. The van der Waals surface area contributed by atoms with Crippen molar-refractivity contribution < 1.29 is 5.11 Å². The molecule has 2 rings (SSSR count). The first kappa shape index (κ1) is 13.9. The fourth-order valence-corrected chi connectivity index (χ4v) is 2.14. The molecule has 0 aliphatic heterocycles. The van der Waals surface area contributed by atoms with E-state index < -0.39 is 0 Å². The van der Waals surface area contributed by atoms with E-state index in [9.17, 15) is 5.11 Å². The van der Waals surface area contributed by atoms with Gasteiger partial charge in [0.2, 0.25) is 0 Å². The van der Waals surface area contributed by atoms with Crippen LogP contribution in [0.2, 0.25) is 10.0 Å². The minimum absolute atomic E-state index is 0.318. The Kier molecular flexibility index (Phi) is 4.13. The highest BCUT2D eigenvalue weighted by Gasteiger charge is 2.04. The summed E-state index contributed by atoms with van der Waals surface area (Å²) in [6, 6.07) is 9.05. The Hall–Kier alpha value is -1.51. The smallest absolute Gasteiger partial charge is 0.121 e. The van der Waals surface area contributed by atoms with Gasteiger partial charge in [0, 0.05) is 6.21 Å². The zero-order chi connectivity index (χ0) is 14.0. The molecule has 19 heavy (non-hydrogen) atoms. The summed E-state index contributed by atoms with van der Waals surface area (Å²) >= 11 is 12.0. The first-order chi connectivity index (χ1) is 8.99. The minimum Gasteiger partial charge on any atom is -0.507 e. The molecule has 0 aliphatic rings. The number of benzene rings is 2. The average Bonchev–Trinajstić information content (AvgIpc) is 2.37. The van der Waals surface area contributed by atoms with E-state index in [1.54, 1.807) is 24.4 Å². The molecule has 0 bridgehead atoms. The van der Waals surface area contributed by atoms with Crippen LogP contribution in [0.5, 0.6) is 5.75 Å². The van der Waals surface area contributed by atoms with Gasteiger partial charge in [-0.15, -0.1) is 0 Å². The van der Waals surface area contributed by atoms with Crippen molar-refractivity contribution in [2.24, 2.45) is 4.99 Å². The van der Waals surface area contributed by atoms with Crippen LogP contribution in [-0.4, -0.2) is 11.3 Å². The van der Waals surface area contributed by atoms with Gasteiger partial charge in [-0.2, -0.15) is 0 Å². The summed E-state index contributed by atoms with van der Waals surface area (Å²) in [6.07, 6.45) is 1.71. The van der Waals surface area contributed by atoms with Crippen LogP contribution in [0.3, 0.4) is 0 Å². The number of halogens is 2. The van der Waals surface area contributed by atoms with E-state index in [-0.39, 0.29) is 0 Å². The predicted octanol–water partition coefficient (Wildman–Crippen LogP) is 5.07. The first-order valence-electron chi connectivity index (χ1n) is 5.77. The summed E-state index contributed by atoms with van der Waals surface area (Å²) in [5.41, 5.74) is 3.17. The standard InChI is InChI=1S/C15H13Cl2NO/c1-9-6-11(7-10(2)15(9)19)8-18-13-5-3-4-12(16)14(13)17/h3-8,19H,1-2H3. The number of hydrogen-bond donors (Lipinski definition) is 1. The van der Waals surface area contributed by atoms with Crippen molar-refractivity contribution in [3.05, 3.63) is 57.1 Å². The summed E-state index contributed by atoms with van der Waals surface area (Å²) in [5, 5.41) is 10.6. The molecule has 0 saturated heterocycles. The molecule has 0 radical (unpaired) electrons. The van der Waals surface area contributed by atoms with Crippen LogP contribution >= 0.6 is 23.2 Å². The van der Waals surface area contributed by atoms with Crippen molar-refractivity contribution >= 4 is 35.1 Å². The Morgan fingerprint density at radius 1 is 1.11 bits per heavy atom. The molecule has 2 nitrogen and oxygen atoms in total. The molecule has 98 valence electrons. The largest absolute Gasteiger partial charge is 0.507 e. The van der Waals surface area contributed by atoms with E-state index in [1.165, 1.54) is 0 Å². The third-order valence-corrected chi connectivity index (χ3v) is 3.61. The molecular formula is C15H13Cl2NO. The lowest BCUT2D eigenvalue weighted by atomic mass is 10.1. The number of phenols is 1. The van der Waals surface area contributed by atoms with Gasteiger partial charge in [0.25, 0.3) is 0 Å². The van der Waals surface area contributed by atoms with E-state index in [4.69, 9.17) is 23.2 Å². The Labute approximate surface area is 122 Å². The van der Waals surface area contributed by atoms with Gasteiger partial charge in [0.15, 0.2) is 0 Å². The molecule has 0 aromatic heterocycles.